The minimum Gasteiger partial charge on any atom is -0.459 e. The normalized spacial score (nSPS) is 10.5. The van der Waals surface area contributed by atoms with Crippen LogP contribution in [0.5, 0.6) is 0 Å². The first-order valence-electron chi connectivity index (χ1n) is 9.01. The number of nitrogens with zero attached hydrogens (tertiary/aromatic N) is 2. The molecule has 0 aliphatic carbocycles. The van der Waals surface area contributed by atoms with E-state index < -0.39 is 0 Å². The van der Waals surface area contributed by atoms with Gasteiger partial charge in [-0.3, -0.25) is 9.59 Å². The molecule has 2 amide bonds. The Bertz CT molecular complexity index is 1080. The summed E-state index contributed by atoms with van der Waals surface area (Å²) in [5.74, 6) is -0.221. The molecule has 7 nitrogen and oxygen atoms in total. The zero-order valence-electron chi connectivity index (χ0n) is 15.4. The third-order valence-corrected chi connectivity index (χ3v) is 4.31. The average molecular weight is 386 g/mol. The Morgan fingerprint density at radius 1 is 0.931 bits per heavy atom. The van der Waals surface area contributed by atoms with Crippen LogP contribution in [0.4, 0.5) is 5.69 Å². The van der Waals surface area contributed by atoms with Crippen LogP contribution in [0.25, 0.3) is 5.69 Å². The molecular weight excluding hydrogens is 368 g/mol. The number of nitrogens with one attached hydrogen (secondary N) is 2. The maximum absolute atomic E-state index is 12.4. The molecule has 0 aliphatic heterocycles. The van der Waals surface area contributed by atoms with E-state index >= 15 is 0 Å². The molecule has 2 aromatic carbocycles. The molecule has 2 heterocycles. The maximum Gasteiger partial charge on any atom is 0.291 e. The lowest BCUT2D eigenvalue weighted by Gasteiger charge is -2.08. The van der Waals surface area contributed by atoms with Crippen LogP contribution in [0.3, 0.4) is 0 Å². The van der Waals surface area contributed by atoms with E-state index in [9.17, 15) is 9.59 Å². The molecule has 7 heteroatoms. The van der Waals surface area contributed by atoms with Crippen LogP contribution in [0.2, 0.25) is 0 Å². The van der Waals surface area contributed by atoms with Gasteiger partial charge >= 0.3 is 0 Å². The lowest BCUT2D eigenvalue weighted by Crippen LogP contribution is -2.22. The number of hydrogen-bond donors (Lipinski definition) is 2. The summed E-state index contributed by atoms with van der Waals surface area (Å²) in [6, 6.07) is 19.6. The highest BCUT2D eigenvalue weighted by Crippen LogP contribution is 2.13. The van der Waals surface area contributed by atoms with Crippen molar-refractivity contribution in [3.8, 4) is 5.69 Å². The number of hydrogen-bond acceptors (Lipinski definition) is 4. The number of amides is 2. The Balaban J connectivity index is 1.31. The first kappa shape index (κ1) is 18.2. The van der Waals surface area contributed by atoms with Crippen molar-refractivity contribution in [3.63, 3.8) is 0 Å². The van der Waals surface area contributed by atoms with Gasteiger partial charge in [-0.2, -0.15) is 5.10 Å². The molecule has 0 aliphatic rings. The summed E-state index contributed by atoms with van der Waals surface area (Å²) in [6.07, 6.45) is 5.00. The summed E-state index contributed by atoms with van der Waals surface area (Å²) >= 11 is 0. The maximum atomic E-state index is 12.4. The summed E-state index contributed by atoms with van der Waals surface area (Å²) in [5.41, 5.74) is 3.03. The predicted octanol–water partition coefficient (Wildman–Crippen LogP) is 3.65. The summed E-state index contributed by atoms with van der Waals surface area (Å²) in [4.78, 5) is 24.3. The van der Waals surface area contributed by atoms with Crippen LogP contribution < -0.4 is 10.6 Å². The molecule has 0 spiro atoms. The van der Waals surface area contributed by atoms with Crippen LogP contribution in [0.15, 0.2) is 89.8 Å². The van der Waals surface area contributed by atoms with Crippen molar-refractivity contribution in [1.29, 1.82) is 0 Å². The lowest BCUT2D eigenvalue weighted by molar-refractivity contribution is 0.0950. The zero-order valence-corrected chi connectivity index (χ0v) is 15.4. The molecule has 2 aromatic heterocycles. The van der Waals surface area contributed by atoms with Gasteiger partial charge in [0.1, 0.15) is 0 Å². The van der Waals surface area contributed by atoms with Crippen molar-refractivity contribution < 1.29 is 14.0 Å². The van der Waals surface area contributed by atoms with E-state index in [0.717, 1.165) is 11.3 Å². The number of anilines is 1. The number of benzene rings is 2. The topological polar surface area (TPSA) is 89.2 Å². The zero-order chi connectivity index (χ0) is 20.1. The Morgan fingerprint density at radius 2 is 1.72 bits per heavy atom. The molecular formula is C22H18N4O3. The fourth-order valence-electron chi connectivity index (χ4n) is 2.78. The van der Waals surface area contributed by atoms with Crippen LogP contribution in [0.1, 0.15) is 26.5 Å². The van der Waals surface area contributed by atoms with E-state index in [4.69, 9.17) is 4.42 Å². The summed E-state index contributed by atoms with van der Waals surface area (Å²) in [5, 5.41) is 9.80. The molecule has 0 radical (unpaired) electrons. The van der Waals surface area contributed by atoms with Gasteiger partial charge in [0.05, 0.1) is 12.0 Å². The summed E-state index contributed by atoms with van der Waals surface area (Å²) < 4.78 is 6.79. The molecule has 4 aromatic rings. The van der Waals surface area contributed by atoms with E-state index in [2.05, 4.69) is 15.7 Å². The SMILES string of the molecule is O=C(NCc1ccc(NC(=O)c2ccco2)cc1)c1ccc(-n2cccn2)cc1. The molecule has 0 saturated carbocycles. The van der Waals surface area contributed by atoms with Gasteiger partial charge < -0.3 is 15.1 Å². The van der Waals surface area contributed by atoms with Gasteiger partial charge in [0.2, 0.25) is 0 Å². The van der Waals surface area contributed by atoms with E-state index in [1.807, 2.05) is 36.5 Å². The fraction of sp³-hybridized carbons (Fsp3) is 0.0455. The molecule has 0 fully saturated rings. The second kappa shape index (κ2) is 8.26. The number of rotatable bonds is 6. The van der Waals surface area contributed by atoms with Crippen molar-refractivity contribution in [2.45, 2.75) is 6.54 Å². The summed E-state index contributed by atoms with van der Waals surface area (Å²) in [6.45, 7) is 0.381. The number of carbonyl (C=O) groups is 2. The Hall–Kier alpha value is -4.13. The second-order valence-corrected chi connectivity index (χ2v) is 6.31. The van der Waals surface area contributed by atoms with Gasteiger partial charge in [0.15, 0.2) is 5.76 Å². The van der Waals surface area contributed by atoms with Crippen molar-refractivity contribution >= 4 is 17.5 Å². The van der Waals surface area contributed by atoms with Crippen LogP contribution in [-0.4, -0.2) is 21.6 Å². The number of carbonyl (C=O) groups excluding carboxylic acids is 2. The monoisotopic (exact) mass is 386 g/mol. The molecule has 2 N–H and O–H groups in total. The quantitative estimate of drug-likeness (QED) is 0.529. The second-order valence-electron chi connectivity index (χ2n) is 6.31. The van der Waals surface area contributed by atoms with Gasteiger partial charge in [-0.05, 0) is 60.2 Å². The third kappa shape index (κ3) is 4.41. The molecule has 4 rings (SSSR count). The van der Waals surface area contributed by atoms with Crippen LogP contribution in [0, 0.1) is 0 Å². The molecule has 0 saturated heterocycles. The highest BCUT2D eigenvalue weighted by atomic mass is 16.3. The molecule has 29 heavy (non-hydrogen) atoms. The molecule has 144 valence electrons. The predicted molar refractivity (Wildman–Crippen MR) is 108 cm³/mol. The molecule has 0 unspecified atom stereocenters. The van der Waals surface area contributed by atoms with Gasteiger partial charge in [-0.1, -0.05) is 12.1 Å². The van der Waals surface area contributed by atoms with Crippen LogP contribution >= 0.6 is 0 Å². The molecule has 0 atom stereocenters. The van der Waals surface area contributed by atoms with Crippen molar-refractivity contribution in [1.82, 2.24) is 15.1 Å². The van der Waals surface area contributed by atoms with E-state index in [0.29, 0.717) is 17.8 Å². The first-order chi connectivity index (χ1) is 14.2. The van der Waals surface area contributed by atoms with Crippen molar-refractivity contribution in [3.05, 3.63) is 102 Å². The van der Waals surface area contributed by atoms with Crippen molar-refractivity contribution in [2.75, 3.05) is 5.32 Å². The minimum absolute atomic E-state index is 0.160. The molecule has 0 bridgehead atoms. The van der Waals surface area contributed by atoms with E-state index in [1.54, 1.807) is 47.3 Å². The van der Waals surface area contributed by atoms with Crippen molar-refractivity contribution in [2.24, 2.45) is 0 Å². The Labute approximate surface area is 167 Å². The first-order valence-corrected chi connectivity index (χ1v) is 9.01. The smallest absolute Gasteiger partial charge is 0.291 e. The Kier molecular flexibility index (Phi) is 5.20. The van der Waals surface area contributed by atoms with Gasteiger partial charge in [0, 0.05) is 30.2 Å². The van der Waals surface area contributed by atoms with Gasteiger partial charge in [-0.15, -0.1) is 0 Å². The van der Waals surface area contributed by atoms with E-state index in [-0.39, 0.29) is 17.6 Å². The summed E-state index contributed by atoms with van der Waals surface area (Å²) in [7, 11) is 0. The number of furan rings is 1. The highest BCUT2D eigenvalue weighted by molar-refractivity contribution is 6.02. The Morgan fingerprint density at radius 3 is 2.38 bits per heavy atom. The average Bonchev–Trinajstić information content (AvgIpc) is 3.47. The number of aromatic nitrogens is 2. The minimum atomic E-state index is -0.311. The van der Waals surface area contributed by atoms with E-state index in [1.165, 1.54) is 6.26 Å². The van der Waals surface area contributed by atoms with Gasteiger partial charge in [-0.25, -0.2) is 4.68 Å². The standard InChI is InChI=1S/C22H18N4O3/c27-21(17-6-10-19(11-7-17)26-13-2-12-24-26)23-15-16-4-8-18(9-5-16)25-22(28)20-3-1-14-29-20/h1-14H,15H2,(H,23,27)(H,25,28). The lowest BCUT2D eigenvalue weighted by atomic mass is 10.1. The fourth-order valence-corrected chi connectivity index (χ4v) is 2.78. The largest absolute Gasteiger partial charge is 0.459 e. The highest BCUT2D eigenvalue weighted by Gasteiger charge is 2.09. The van der Waals surface area contributed by atoms with Gasteiger partial charge in [0.25, 0.3) is 11.8 Å². The third-order valence-electron chi connectivity index (χ3n) is 4.31. The van der Waals surface area contributed by atoms with Crippen LogP contribution in [-0.2, 0) is 6.54 Å².